The molecule has 1 spiro atoms. The van der Waals surface area contributed by atoms with Crippen molar-refractivity contribution in [3.05, 3.63) is 0 Å². The number of likely N-dealkylation sites (N-methyl/N-ethyl adjacent to an activating group) is 1. The SMILES string of the molecule is CCN1C(=O)NCC12CCCC2. The van der Waals surface area contributed by atoms with E-state index in [1.54, 1.807) is 0 Å². The highest BCUT2D eigenvalue weighted by atomic mass is 16.2. The van der Waals surface area contributed by atoms with E-state index in [1.165, 1.54) is 25.7 Å². The average Bonchev–Trinajstić information content (AvgIpc) is 2.63. The molecule has 3 nitrogen and oxygen atoms in total. The molecule has 2 fully saturated rings. The Morgan fingerprint density at radius 1 is 1.50 bits per heavy atom. The summed E-state index contributed by atoms with van der Waals surface area (Å²) in [4.78, 5) is 13.4. The van der Waals surface area contributed by atoms with Gasteiger partial charge in [0.25, 0.3) is 0 Å². The van der Waals surface area contributed by atoms with Crippen molar-refractivity contribution in [1.82, 2.24) is 10.2 Å². The first-order valence-electron chi connectivity index (χ1n) is 4.84. The van der Waals surface area contributed by atoms with Crippen molar-refractivity contribution in [1.29, 1.82) is 0 Å². The molecule has 0 radical (unpaired) electrons. The Bertz CT molecular complexity index is 197. The average molecular weight is 168 g/mol. The third-order valence-corrected chi connectivity index (χ3v) is 3.24. The molecular weight excluding hydrogens is 152 g/mol. The summed E-state index contributed by atoms with van der Waals surface area (Å²) in [5, 5.41) is 2.94. The first-order valence-corrected chi connectivity index (χ1v) is 4.84. The van der Waals surface area contributed by atoms with Crippen LogP contribution in [0.1, 0.15) is 32.6 Å². The standard InChI is InChI=1S/C9H16N2O/c1-2-11-8(12)10-7-9(11)5-3-4-6-9/h2-7H2,1H3,(H,10,12). The first kappa shape index (κ1) is 7.90. The molecule has 12 heavy (non-hydrogen) atoms. The molecule has 2 amide bonds. The second-order valence-corrected chi connectivity index (χ2v) is 3.83. The van der Waals surface area contributed by atoms with Gasteiger partial charge < -0.3 is 10.2 Å². The number of nitrogens with zero attached hydrogens (tertiary/aromatic N) is 1. The number of hydrogen-bond acceptors (Lipinski definition) is 1. The quantitative estimate of drug-likeness (QED) is 0.629. The van der Waals surface area contributed by atoms with E-state index in [4.69, 9.17) is 0 Å². The fourth-order valence-electron chi connectivity index (χ4n) is 2.61. The van der Waals surface area contributed by atoms with E-state index in [2.05, 4.69) is 12.2 Å². The van der Waals surface area contributed by atoms with Crippen LogP contribution in [-0.2, 0) is 0 Å². The number of carbonyl (C=O) groups excluding carboxylic acids is 1. The second-order valence-electron chi connectivity index (χ2n) is 3.83. The molecule has 2 aliphatic rings. The van der Waals surface area contributed by atoms with Crippen LogP contribution < -0.4 is 5.32 Å². The summed E-state index contributed by atoms with van der Waals surface area (Å²) in [6, 6.07) is 0.138. The number of carbonyl (C=O) groups is 1. The van der Waals surface area contributed by atoms with E-state index >= 15 is 0 Å². The number of nitrogens with one attached hydrogen (secondary N) is 1. The highest BCUT2D eigenvalue weighted by molar-refractivity contribution is 5.78. The van der Waals surface area contributed by atoms with Crippen LogP contribution in [0.15, 0.2) is 0 Å². The normalized spacial score (nSPS) is 26.8. The smallest absolute Gasteiger partial charge is 0.317 e. The minimum Gasteiger partial charge on any atom is -0.336 e. The molecule has 0 aromatic heterocycles. The molecule has 68 valence electrons. The Hall–Kier alpha value is -0.730. The van der Waals surface area contributed by atoms with Gasteiger partial charge in [-0.25, -0.2) is 4.79 Å². The number of urea groups is 1. The molecule has 1 saturated heterocycles. The summed E-state index contributed by atoms with van der Waals surface area (Å²) in [6.07, 6.45) is 4.95. The Labute approximate surface area is 73.1 Å². The van der Waals surface area contributed by atoms with Gasteiger partial charge in [-0.3, -0.25) is 0 Å². The highest BCUT2D eigenvalue weighted by Gasteiger charge is 2.45. The van der Waals surface area contributed by atoms with Crippen molar-refractivity contribution in [2.75, 3.05) is 13.1 Å². The fourth-order valence-corrected chi connectivity index (χ4v) is 2.61. The van der Waals surface area contributed by atoms with E-state index in [1.807, 2.05) is 4.90 Å². The van der Waals surface area contributed by atoms with Crippen molar-refractivity contribution < 1.29 is 4.79 Å². The van der Waals surface area contributed by atoms with Crippen LogP contribution in [0.4, 0.5) is 4.79 Å². The van der Waals surface area contributed by atoms with Crippen molar-refractivity contribution in [2.45, 2.75) is 38.1 Å². The molecule has 1 N–H and O–H groups in total. The third-order valence-electron chi connectivity index (χ3n) is 3.24. The molecule has 0 bridgehead atoms. The summed E-state index contributed by atoms with van der Waals surface area (Å²) in [5.74, 6) is 0. The Morgan fingerprint density at radius 2 is 2.17 bits per heavy atom. The van der Waals surface area contributed by atoms with Crippen molar-refractivity contribution in [2.24, 2.45) is 0 Å². The minimum atomic E-state index is 0.138. The first-order chi connectivity index (χ1) is 5.78. The summed E-state index contributed by atoms with van der Waals surface area (Å²) < 4.78 is 0. The van der Waals surface area contributed by atoms with Gasteiger partial charge in [-0.05, 0) is 19.8 Å². The van der Waals surface area contributed by atoms with E-state index in [9.17, 15) is 4.79 Å². The summed E-state index contributed by atoms with van der Waals surface area (Å²) in [7, 11) is 0. The lowest BCUT2D eigenvalue weighted by atomic mass is 9.97. The minimum absolute atomic E-state index is 0.138. The zero-order valence-electron chi connectivity index (χ0n) is 7.60. The Balaban J connectivity index is 2.19. The lowest BCUT2D eigenvalue weighted by molar-refractivity contribution is 0.164. The monoisotopic (exact) mass is 168 g/mol. The van der Waals surface area contributed by atoms with Gasteiger partial charge in [-0.15, -0.1) is 0 Å². The lowest BCUT2D eigenvalue weighted by Crippen LogP contribution is -2.44. The topological polar surface area (TPSA) is 32.3 Å². The lowest BCUT2D eigenvalue weighted by Gasteiger charge is -2.32. The Kier molecular flexibility index (Phi) is 1.74. The van der Waals surface area contributed by atoms with Crippen LogP contribution in [-0.4, -0.2) is 29.6 Å². The van der Waals surface area contributed by atoms with Crippen LogP contribution in [0.25, 0.3) is 0 Å². The van der Waals surface area contributed by atoms with Crippen LogP contribution in [0.3, 0.4) is 0 Å². The van der Waals surface area contributed by atoms with Crippen molar-refractivity contribution in [3.63, 3.8) is 0 Å². The second kappa shape index (κ2) is 2.64. The molecule has 1 saturated carbocycles. The molecule has 0 aromatic carbocycles. The van der Waals surface area contributed by atoms with Crippen molar-refractivity contribution in [3.8, 4) is 0 Å². The maximum atomic E-state index is 11.4. The van der Waals surface area contributed by atoms with E-state index in [0.717, 1.165) is 13.1 Å². The fraction of sp³-hybridized carbons (Fsp3) is 0.889. The predicted octanol–water partition coefficient (Wildman–Crippen LogP) is 1.34. The van der Waals surface area contributed by atoms with E-state index < -0.39 is 0 Å². The Morgan fingerprint density at radius 3 is 2.75 bits per heavy atom. The van der Waals surface area contributed by atoms with Crippen LogP contribution in [0.2, 0.25) is 0 Å². The summed E-state index contributed by atoms with van der Waals surface area (Å²) in [6.45, 7) is 3.79. The van der Waals surface area contributed by atoms with E-state index in [-0.39, 0.29) is 11.6 Å². The predicted molar refractivity (Wildman–Crippen MR) is 47.0 cm³/mol. The number of hydrogen-bond donors (Lipinski definition) is 1. The largest absolute Gasteiger partial charge is 0.336 e. The summed E-state index contributed by atoms with van der Waals surface area (Å²) >= 11 is 0. The van der Waals surface area contributed by atoms with Gasteiger partial charge in [0, 0.05) is 13.1 Å². The van der Waals surface area contributed by atoms with Crippen LogP contribution >= 0.6 is 0 Å². The summed E-state index contributed by atoms with van der Waals surface area (Å²) in [5.41, 5.74) is 0.200. The van der Waals surface area contributed by atoms with Gasteiger partial charge in [0.05, 0.1) is 5.54 Å². The number of amides is 2. The maximum Gasteiger partial charge on any atom is 0.317 e. The molecule has 0 unspecified atom stereocenters. The van der Waals surface area contributed by atoms with Crippen LogP contribution in [0, 0.1) is 0 Å². The van der Waals surface area contributed by atoms with Gasteiger partial charge in [-0.1, -0.05) is 12.8 Å². The zero-order valence-corrected chi connectivity index (χ0v) is 7.60. The maximum absolute atomic E-state index is 11.4. The molecule has 2 rings (SSSR count). The molecule has 3 heteroatoms. The van der Waals surface area contributed by atoms with Gasteiger partial charge in [0.1, 0.15) is 0 Å². The van der Waals surface area contributed by atoms with Gasteiger partial charge in [-0.2, -0.15) is 0 Å². The molecular formula is C9H16N2O. The molecule has 0 aromatic rings. The van der Waals surface area contributed by atoms with Gasteiger partial charge in [0.15, 0.2) is 0 Å². The van der Waals surface area contributed by atoms with Gasteiger partial charge >= 0.3 is 6.03 Å². The molecule has 1 heterocycles. The molecule has 1 aliphatic carbocycles. The van der Waals surface area contributed by atoms with E-state index in [0.29, 0.717) is 0 Å². The number of rotatable bonds is 1. The molecule has 0 atom stereocenters. The molecule has 1 aliphatic heterocycles. The van der Waals surface area contributed by atoms with Gasteiger partial charge in [0.2, 0.25) is 0 Å². The third kappa shape index (κ3) is 0.919. The van der Waals surface area contributed by atoms with Crippen LogP contribution in [0.5, 0.6) is 0 Å². The van der Waals surface area contributed by atoms with Crippen molar-refractivity contribution >= 4 is 6.03 Å². The zero-order chi connectivity index (χ0) is 8.60. The highest BCUT2D eigenvalue weighted by Crippen LogP contribution is 2.37.